The van der Waals surface area contributed by atoms with Crippen LogP contribution in [0.4, 0.5) is 0 Å². The molecule has 5 heteroatoms. The van der Waals surface area contributed by atoms with Crippen LogP contribution in [0.15, 0.2) is 33.2 Å². The summed E-state index contributed by atoms with van der Waals surface area (Å²) < 4.78 is 11.9. The molecule has 2 rings (SSSR count). The minimum atomic E-state index is 0.751. The van der Waals surface area contributed by atoms with Gasteiger partial charge in [0.1, 0.15) is 11.3 Å². The van der Waals surface area contributed by atoms with Crippen LogP contribution >= 0.6 is 15.9 Å². The number of hydrogen-bond acceptors (Lipinski definition) is 4. The van der Waals surface area contributed by atoms with Crippen molar-refractivity contribution in [3.8, 4) is 0 Å². The normalized spacial score (nSPS) is 11.6. The van der Waals surface area contributed by atoms with Gasteiger partial charge in [-0.05, 0) is 35.1 Å². The zero-order valence-corrected chi connectivity index (χ0v) is 13.6. The van der Waals surface area contributed by atoms with Crippen LogP contribution in [0.3, 0.4) is 0 Å². The van der Waals surface area contributed by atoms with E-state index in [9.17, 15) is 0 Å². The minimum Gasteiger partial charge on any atom is -0.459 e. The molecule has 0 fully saturated rings. The van der Waals surface area contributed by atoms with Crippen molar-refractivity contribution >= 4 is 26.9 Å². The van der Waals surface area contributed by atoms with Crippen LogP contribution in [0, 0.1) is 0 Å². The first kappa shape index (κ1) is 15.5. The number of para-hydroxylation sites is 1. The molecule has 0 atom stereocenters. The van der Waals surface area contributed by atoms with Gasteiger partial charge in [-0.1, -0.05) is 12.1 Å². The molecule has 2 aromatic rings. The Bertz CT molecular complexity index is 542. The zero-order valence-electron chi connectivity index (χ0n) is 12.0. The van der Waals surface area contributed by atoms with Crippen molar-refractivity contribution in [2.45, 2.75) is 6.54 Å². The Morgan fingerprint density at radius 2 is 2.20 bits per heavy atom. The SMILES string of the molecule is COCCNCCN(C)Cc1cc2cccc(Br)c2o1. The van der Waals surface area contributed by atoms with Gasteiger partial charge < -0.3 is 14.5 Å². The van der Waals surface area contributed by atoms with Gasteiger partial charge in [-0.25, -0.2) is 0 Å². The Morgan fingerprint density at radius 3 is 2.95 bits per heavy atom. The molecule has 0 amide bonds. The molecule has 110 valence electrons. The topological polar surface area (TPSA) is 37.6 Å². The lowest BCUT2D eigenvalue weighted by Gasteiger charge is -2.15. The van der Waals surface area contributed by atoms with Crippen molar-refractivity contribution in [2.24, 2.45) is 0 Å². The molecule has 0 aliphatic carbocycles. The average Bonchev–Trinajstić information content (AvgIpc) is 2.82. The van der Waals surface area contributed by atoms with Crippen molar-refractivity contribution in [2.75, 3.05) is 40.4 Å². The van der Waals surface area contributed by atoms with E-state index in [1.165, 1.54) is 0 Å². The molecule has 0 bridgehead atoms. The summed E-state index contributed by atoms with van der Waals surface area (Å²) in [6, 6.07) is 8.20. The fourth-order valence-electron chi connectivity index (χ4n) is 2.07. The number of hydrogen-bond donors (Lipinski definition) is 1. The lowest BCUT2D eigenvalue weighted by Crippen LogP contribution is -2.30. The maximum atomic E-state index is 5.89. The molecule has 0 aliphatic heterocycles. The first-order valence-corrected chi connectivity index (χ1v) is 7.55. The Balaban J connectivity index is 1.83. The Hall–Kier alpha value is -0.880. The van der Waals surface area contributed by atoms with Crippen molar-refractivity contribution in [3.63, 3.8) is 0 Å². The van der Waals surface area contributed by atoms with Gasteiger partial charge >= 0.3 is 0 Å². The second kappa shape index (κ2) is 7.78. The van der Waals surface area contributed by atoms with Crippen molar-refractivity contribution in [3.05, 3.63) is 34.5 Å². The summed E-state index contributed by atoms with van der Waals surface area (Å²) in [6.07, 6.45) is 0. The van der Waals surface area contributed by atoms with Crippen molar-refractivity contribution in [1.29, 1.82) is 0 Å². The number of benzene rings is 1. The van der Waals surface area contributed by atoms with Gasteiger partial charge in [0, 0.05) is 32.1 Å². The van der Waals surface area contributed by atoms with E-state index >= 15 is 0 Å². The summed E-state index contributed by atoms with van der Waals surface area (Å²) in [7, 11) is 3.81. The number of methoxy groups -OCH3 is 1. The Labute approximate surface area is 128 Å². The number of nitrogens with zero attached hydrogens (tertiary/aromatic N) is 1. The molecule has 0 unspecified atom stereocenters. The monoisotopic (exact) mass is 340 g/mol. The van der Waals surface area contributed by atoms with Crippen LogP contribution < -0.4 is 5.32 Å². The number of ether oxygens (including phenoxy) is 1. The first-order valence-electron chi connectivity index (χ1n) is 6.76. The van der Waals surface area contributed by atoms with E-state index in [1.807, 2.05) is 12.1 Å². The molecular formula is C15H21BrN2O2. The number of rotatable bonds is 8. The number of nitrogens with one attached hydrogen (secondary N) is 1. The molecule has 1 N–H and O–H groups in total. The molecule has 0 radical (unpaired) electrons. The summed E-state index contributed by atoms with van der Waals surface area (Å²) >= 11 is 3.51. The van der Waals surface area contributed by atoms with Gasteiger partial charge in [0.2, 0.25) is 0 Å². The van der Waals surface area contributed by atoms with E-state index in [0.29, 0.717) is 0 Å². The van der Waals surface area contributed by atoms with Gasteiger partial charge in [-0.15, -0.1) is 0 Å². The Morgan fingerprint density at radius 1 is 1.35 bits per heavy atom. The second-order valence-electron chi connectivity index (χ2n) is 4.85. The van der Waals surface area contributed by atoms with Gasteiger partial charge in [0.25, 0.3) is 0 Å². The van der Waals surface area contributed by atoms with E-state index in [2.05, 4.69) is 45.3 Å². The predicted molar refractivity (Wildman–Crippen MR) is 85.0 cm³/mol. The van der Waals surface area contributed by atoms with Crippen LogP contribution in [0.25, 0.3) is 11.0 Å². The van der Waals surface area contributed by atoms with Crippen LogP contribution in [0.5, 0.6) is 0 Å². The van der Waals surface area contributed by atoms with Gasteiger partial charge in [0.05, 0.1) is 17.6 Å². The molecule has 4 nitrogen and oxygen atoms in total. The summed E-state index contributed by atoms with van der Waals surface area (Å²) in [6.45, 7) is 4.38. The van der Waals surface area contributed by atoms with E-state index < -0.39 is 0 Å². The number of likely N-dealkylation sites (N-methyl/N-ethyl adjacent to an activating group) is 1. The molecule has 20 heavy (non-hydrogen) atoms. The maximum Gasteiger partial charge on any atom is 0.148 e. The lowest BCUT2D eigenvalue weighted by atomic mass is 10.2. The number of fused-ring (bicyclic) bond motifs is 1. The number of furan rings is 1. The fraction of sp³-hybridized carbons (Fsp3) is 0.467. The minimum absolute atomic E-state index is 0.751. The summed E-state index contributed by atoms with van der Waals surface area (Å²) in [5.41, 5.74) is 0.925. The molecular weight excluding hydrogens is 320 g/mol. The van der Waals surface area contributed by atoms with Crippen molar-refractivity contribution < 1.29 is 9.15 Å². The maximum absolute atomic E-state index is 5.89. The molecule has 1 aromatic carbocycles. The third kappa shape index (κ3) is 4.31. The van der Waals surface area contributed by atoms with Crippen LogP contribution in [-0.2, 0) is 11.3 Å². The summed E-state index contributed by atoms with van der Waals surface area (Å²) in [4.78, 5) is 2.24. The first-order chi connectivity index (χ1) is 9.70. The second-order valence-corrected chi connectivity index (χ2v) is 5.71. The standard InChI is InChI=1S/C15H21BrN2O2/c1-18(8-6-17-7-9-19-2)11-13-10-12-4-3-5-14(16)15(12)20-13/h3-5,10,17H,6-9,11H2,1-2H3. The molecule has 0 saturated heterocycles. The molecule has 0 saturated carbocycles. The van der Waals surface area contributed by atoms with Crippen LogP contribution in [0.2, 0.25) is 0 Å². The van der Waals surface area contributed by atoms with E-state index in [4.69, 9.17) is 9.15 Å². The third-order valence-electron chi connectivity index (χ3n) is 3.13. The summed E-state index contributed by atoms with van der Waals surface area (Å²) in [5.74, 6) is 0.992. The fourth-order valence-corrected chi connectivity index (χ4v) is 2.54. The van der Waals surface area contributed by atoms with Crippen LogP contribution in [-0.4, -0.2) is 45.3 Å². The molecule has 1 heterocycles. The van der Waals surface area contributed by atoms with E-state index in [1.54, 1.807) is 7.11 Å². The van der Waals surface area contributed by atoms with E-state index in [0.717, 1.165) is 54.0 Å². The van der Waals surface area contributed by atoms with Crippen molar-refractivity contribution in [1.82, 2.24) is 10.2 Å². The molecule has 0 aliphatic rings. The van der Waals surface area contributed by atoms with Gasteiger partial charge in [-0.2, -0.15) is 0 Å². The highest BCUT2D eigenvalue weighted by atomic mass is 79.9. The lowest BCUT2D eigenvalue weighted by molar-refractivity contribution is 0.197. The highest BCUT2D eigenvalue weighted by Crippen LogP contribution is 2.27. The van der Waals surface area contributed by atoms with Crippen LogP contribution in [0.1, 0.15) is 5.76 Å². The van der Waals surface area contributed by atoms with Gasteiger partial charge in [-0.3, -0.25) is 4.90 Å². The largest absolute Gasteiger partial charge is 0.459 e. The third-order valence-corrected chi connectivity index (χ3v) is 3.75. The highest BCUT2D eigenvalue weighted by molar-refractivity contribution is 9.10. The predicted octanol–water partition coefficient (Wildman–Crippen LogP) is 2.86. The Kier molecular flexibility index (Phi) is 6.04. The molecule has 0 spiro atoms. The number of halogens is 1. The molecule has 1 aromatic heterocycles. The smallest absolute Gasteiger partial charge is 0.148 e. The van der Waals surface area contributed by atoms with Gasteiger partial charge in [0.15, 0.2) is 0 Å². The van der Waals surface area contributed by atoms with E-state index in [-0.39, 0.29) is 0 Å². The quantitative estimate of drug-likeness (QED) is 0.750. The summed E-state index contributed by atoms with van der Waals surface area (Å²) in [5, 5.41) is 4.47. The average molecular weight is 341 g/mol. The zero-order chi connectivity index (χ0) is 14.4. The highest BCUT2D eigenvalue weighted by Gasteiger charge is 2.08.